The minimum Gasteiger partial charge on any atom is -0.349 e. The van der Waals surface area contributed by atoms with Crippen LogP contribution in [0.25, 0.3) is 0 Å². The van der Waals surface area contributed by atoms with E-state index in [1.54, 1.807) is 30.1 Å². The smallest absolute Gasteiger partial charge is 0.243 e. The molecule has 0 bridgehead atoms. The second kappa shape index (κ2) is 8.57. The molecule has 8 heteroatoms. The molecule has 1 N–H and O–H groups in total. The van der Waals surface area contributed by atoms with Crippen LogP contribution in [0.3, 0.4) is 0 Å². The van der Waals surface area contributed by atoms with E-state index in [0.29, 0.717) is 24.9 Å². The van der Waals surface area contributed by atoms with Crippen LogP contribution in [-0.2, 0) is 25.0 Å². The Morgan fingerprint density at radius 1 is 1.15 bits per heavy atom. The van der Waals surface area contributed by atoms with Crippen molar-refractivity contribution >= 4 is 27.5 Å². The van der Waals surface area contributed by atoms with Gasteiger partial charge in [-0.1, -0.05) is 30.3 Å². The van der Waals surface area contributed by atoms with E-state index < -0.39 is 21.4 Å². The zero-order valence-corrected chi connectivity index (χ0v) is 20.4. The topological polar surface area (TPSA) is 86.8 Å². The summed E-state index contributed by atoms with van der Waals surface area (Å²) in [4.78, 5) is 27.2. The molecule has 33 heavy (non-hydrogen) atoms. The minimum atomic E-state index is -3.79. The first-order valence-corrected chi connectivity index (χ1v) is 12.8. The highest BCUT2D eigenvalue weighted by Crippen LogP contribution is 2.42. The molecule has 2 aliphatic rings. The van der Waals surface area contributed by atoms with Crippen molar-refractivity contribution < 1.29 is 18.0 Å². The van der Waals surface area contributed by atoms with Gasteiger partial charge in [-0.05, 0) is 62.9 Å². The number of sulfonamides is 1. The van der Waals surface area contributed by atoms with Crippen molar-refractivity contribution in [2.75, 3.05) is 25.0 Å². The average Bonchev–Trinajstić information content (AvgIpc) is 2.99. The molecule has 176 valence electrons. The van der Waals surface area contributed by atoms with Gasteiger partial charge in [0, 0.05) is 25.8 Å². The number of carbonyl (C=O) groups excluding carboxylic acids is 2. The fourth-order valence-electron chi connectivity index (χ4n) is 4.79. The molecule has 1 saturated heterocycles. The molecule has 2 aliphatic heterocycles. The van der Waals surface area contributed by atoms with Gasteiger partial charge in [-0.2, -0.15) is 4.31 Å². The first kappa shape index (κ1) is 23.4. The molecule has 2 heterocycles. The third kappa shape index (κ3) is 4.17. The van der Waals surface area contributed by atoms with Gasteiger partial charge in [0.1, 0.15) is 0 Å². The molecule has 2 atom stereocenters. The Morgan fingerprint density at radius 2 is 1.85 bits per heavy atom. The third-order valence-electron chi connectivity index (χ3n) is 6.89. The summed E-state index contributed by atoms with van der Waals surface area (Å²) in [5.74, 6) is -0.596. The summed E-state index contributed by atoms with van der Waals surface area (Å²) in [6.07, 6.45) is 1.27. The third-order valence-corrected chi connectivity index (χ3v) is 8.75. The molecule has 2 aromatic rings. The standard InChI is InChI=1S/C25H31N3O4S/c1-17(18-9-6-5-7-10-18)26-23(29)19-11-8-14-28(16-19)33(31,32)20-12-13-22-21(15-20)25(2,3)24(30)27(22)4/h5-7,9-10,12-13,15,17,19H,8,11,14,16H2,1-4H3,(H,26,29)/t17-,19-/m0/s1. The molecule has 7 nitrogen and oxygen atoms in total. The number of piperidine rings is 1. The van der Waals surface area contributed by atoms with Crippen molar-refractivity contribution in [3.63, 3.8) is 0 Å². The number of anilines is 1. The van der Waals surface area contributed by atoms with Crippen LogP contribution in [0, 0.1) is 5.92 Å². The zero-order valence-electron chi connectivity index (χ0n) is 19.5. The minimum absolute atomic E-state index is 0.0608. The average molecular weight is 470 g/mol. The van der Waals surface area contributed by atoms with Gasteiger partial charge in [-0.25, -0.2) is 8.42 Å². The quantitative estimate of drug-likeness (QED) is 0.729. The molecule has 2 aromatic carbocycles. The normalized spacial score (nSPS) is 21.5. The highest BCUT2D eigenvalue weighted by molar-refractivity contribution is 7.89. The Kier molecular flexibility index (Phi) is 6.09. The van der Waals surface area contributed by atoms with Gasteiger partial charge < -0.3 is 10.2 Å². The monoisotopic (exact) mass is 469 g/mol. The van der Waals surface area contributed by atoms with Crippen molar-refractivity contribution in [3.8, 4) is 0 Å². The number of hydrogen-bond donors (Lipinski definition) is 1. The van der Waals surface area contributed by atoms with E-state index in [1.807, 2.05) is 51.1 Å². The fraction of sp³-hybridized carbons (Fsp3) is 0.440. The molecular weight excluding hydrogens is 438 g/mol. The van der Waals surface area contributed by atoms with Crippen molar-refractivity contribution in [2.45, 2.75) is 50.0 Å². The van der Waals surface area contributed by atoms with E-state index in [2.05, 4.69) is 5.32 Å². The first-order chi connectivity index (χ1) is 15.5. The molecule has 2 amide bonds. The summed E-state index contributed by atoms with van der Waals surface area (Å²) in [5, 5.41) is 3.03. The van der Waals surface area contributed by atoms with Crippen LogP contribution in [0.15, 0.2) is 53.4 Å². The number of fused-ring (bicyclic) bond motifs is 1. The van der Waals surface area contributed by atoms with Gasteiger partial charge in [0.25, 0.3) is 0 Å². The number of nitrogens with zero attached hydrogens (tertiary/aromatic N) is 2. The van der Waals surface area contributed by atoms with E-state index in [0.717, 1.165) is 11.3 Å². The lowest BCUT2D eigenvalue weighted by molar-refractivity contribution is -0.126. The number of benzene rings is 2. The fourth-order valence-corrected chi connectivity index (χ4v) is 6.34. The second-order valence-electron chi connectivity index (χ2n) is 9.51. The van der Waals surface area contributed by atoms with E-state index in [-0.39, 0.29) is 29.3 Å². The van der Waals surface area contributed by atoms with Gasteiger partial charge >= 0.3 is 0 Å². The predicted molar refractivity (Wildman–Crippen MR) is 127 cm³/mol. The number of nitrogens with one attached hydrogen (secondary N) is 1. The summed E-state index contributed by atoms with van der Waals surface area (Å²) < 4.78 is 28.3. The molecule has 0 spiro atoms. The largest absolute Gasteiger partial charge is 0.349 e. The van der Waals surface area contributed by atoms with E-state index in [9.17, 15) is 18.0 Å². The van der Waals surface area contributed by atoms with Crippen LogP contribution >= 0.6 is 0 Å². The summed E-state index contributed by atoms with van der Waals surface area (Å²) in [7, 11) is -2.09. The number of rotatable bonds is 5. The Hall–Kier alpha value is -2.71. The maximum absolute atomic E-state index is 13.5. The predicted octanol–water partition coefficient (Wildman–Crippen LogP) is 3.22. The molecule has 1 fully saturated rings. The summed E-state index contributed by atoms with van der Waals surface area (Å²) in [6, 6.07) is 14.4. The number of amides is 2. The maximum Gasteiger partial charge on any atom is 0.243 e. The van der Waals surface area contributed by atoms with Crippen LogP contribution in [0.2, 0.25) is 0 Å². The first-order valence-electron chi connectivity index (χ1n) is 11.3. The Morgan fingerprint density at radius 3 is 2.55 bits per heavy atom. The van der Waals surface area contributed by atoms with Gasteiger partial charge in [0.2, 0.25) is 21.8 Å². The van der Waals surface area contributed by atoms with Crippen molar-refractivity contribution in [1.82, 2.24) is 9.62 Å². The lowest BCUT2D eigenvalue weighted by atomic mass is 9.86. The van der Waals surface area contributed by atoms with E-state index in [4.69, 9.17) is 0 Å². The molecule has 4 rings (SSSR count). The van der Waals surface area contributed by atoms with Crippen molar-refractivity contribution in [2.24, 2.45) is 5.92 Å². The molecule has 0 radical (unpaired) electrons. The summed E-state index contributed by atoms with van der Waals surface area (Å²) >= 11 is 0. The second-order valence-corrected chi connectivity index (χ2v) is 11.4. The molecule has 0 aromatic heterocycles. The summed E-state index contributed by atoms with van der Waals surface area (Å²) in [5.41, 5.74) is 1.66. The van der Waals surface area contributed by atoms with Crippen molar-refractivity contribution in [3.05, 3.63) is 59.7 Å². The van der Waals surface area contributed by atoms with Crippen LogP contribution in [0.1, 0.15) is 50.8 Å². The van der Waals surface area contributed by atoms with Crippen LogP contribution in [0.4, 0.5) is 5.69 Å². The highest BCUT2D eigenvalue weighted by Gasteiger charge is 2.43. The number of likely N-dealkylation sites (N-methyl/N-ethyl adjacent to an activating group) is 1. The summed E-state index contributed by atoms with van der Waals surface area (Å²) in [6.45, 7) is 6.07. The molecule has 0 saturated carbocycles. The van der Waals surface area contributed by atoms with Gasteiger partial charge in [0.05, 0.1) is 22.3 Å². The Labute approximate surface area is 195 Å². The van der Waals surface area contributed by atoms with Crippen LogP contribution in [0.5, 0.6) is 0 Å². The van der Waals surface area contributed by atoms with Crippen LogP contribution in [-0.4, -0.2) is 44.7 Å². The number of carbonyl (C=O) groups is 2. The lowest BCUT2D eigenvalue weighted by Crippen LogP contribution is -2.45. The molecule has 0 aliphatic carbocycles. The van der Waals surface area contributed by atoms with Crippen LogP contribution < -0.4 is 10.2 Å². The lowest BCUT2D eigenvalue weighted by Gasteiger charge is -2.32. The number of hydrogen-bond acceptors (Lipinski definition) is 4. The Balaban J connectivity index is 1.52. The zero-order chi connectivity index (χ0) is 24.0. The molecular formula is C25H31N3O4S. The highest BCUT2D eigenvalue weighted by atomic mass is 32.2. The Bertz CT molecular complexity index is 1180. The van der Waals surface area contributed by atoms with Crippen molar-refractivity contribution in [1.29, 1.82) is 0 Å². The van der Waals surface area contributed by atoms with E-state index >= 15 is 0 Å². The van der Waals surface area contributed by atoms with Gasteiger partial charge in [-0.15, -0.1) is 0 Å². The maximum atomic E-state index is 13.5. The van der Waals surface area contributed by atoms with Gasteiger partial charge in [0.15, 0.2) is 0 Å². The molecule has 0 unspecified atom stereocenters. The van der Waals surface area contributed by atoms with Gasteiger partial charge in [-0.3, -0.25) is 9.59 Å². The SMILES string of the molecule is C[C@H](NC(=O)[C@H]1CCCN(S(=O)(=O)c2ccc3c(c2)C(C)(C)C(=O)N3C)C1)c1ccccc1. The van der Waals surface area contributed by atoms with E-state index in [1.165, 1.54) is 4.31 Å².